The second-order valence-corrected chi connectivity index (χ2v) is 9.15. The summed E-state index contributed by atoms with van der Waals surface area (Å²) < 4.78 is 4.02. The number of nitrogens with one attached hydrogen (secondary N) is 1. The number of pyridine rings is 1. The van der Waals surface area contributed by atoms with E-state index >= 15 is 0 Å². The molecular formula is C26H31N7O. The first-order valence-corrected chi connectivity index (χ1v) is 12.3. The van der Waals surface area contributed by atoms with Gasteiger partial charge in [-0.2, -0.15) is 0 Å². The molecule has 1 fully saturated rings. The summed E-state index contributed by atoms with van der Waals surface area (Å²) in [5.74, 6) is 0.620. The van der Waals surface area contributed by atoms with Gasteiger partial charge in [0.05, 0.1) is 12.2 Å². The van der Waals surface area contributed by atoms with E-state index in [1.54, 1.807) is 0 Å². The van der Waals surface area contributed by atoms with Gasteiger partial charge in [-0.15, -0.1) is 5.10 Å². The van der Waals surface area contributed by atoms with Crippen LogP contribution in [-0.4, -0.2) is 34.7 Å². The Kier molecular flexibility index (Phi) is 6.38. The van der Waals surface area contributed by atoms with Crippen molar-refractivity contribution in [2.45, 2.75) is 71.4 Å². The molecule has 3 aromatic heterocycles. The normalized spacial score (nSPS) is 14.5. The van der Waals surface area contributed by atoms with Crippen LogP contribution < -0.4 is 5.69 Å². The molecule has 3 heterocycles. The van der Waals surface area contributed by atoms with Crippen LogP contribution in [0.5, 0.6) is 0 Å². The van der Waals surface area contributed by atoms with Crippen LogP contribution in [0, 0.1) is 6.92 Å². The van der Waals surface area contributed by atoms with E-state index in [1.807, 2.05) is 41.1 Å². The molecule has 1 aliphatic rings. The second-order valence-electron chi connectivity index (χ2n) is 9.15. The Bertz CT molecular complexity index is 1300. The fourth-order valence-electron chi connectivity index (χ4n) is 5.26. The van der Waals surface area contributed by atoms with Gasteiger partial charge in [-0.1, -0.05) is 62.9 Å². The molecule has 1 aliphatic carbocycles. The van der Waals surface area contributed by atoms with Gasteiger partial charge in [0, 0.05) is 34.8 Å². The number of aromatic nitrogens is 7. The molecule has 0 amide bonds. The van der Waals surface area contributed by atoms with Gasteiger partial charge in [0.1, 0.15) is 0 Å². The Morgan fingerprint density at radius 1 is 1.06 bits per heavy atom. The lowest BCUT2D eigenvalue weighted by Gasteiger charge is -2.23. The molecule has 0 saturated heterocycles. The van der Waals surface area contributed by atoms with Crippen molar-refractivity contribution in [3.05, 3.63) is 70.2 Å². The molecule has 0 unspecified atom stereocenters. The van der Waals surface area contributed by atoms with Crippen molar-refractivity contribution in [2.24, 2.45) is 0 Å². The smallest absolute Gasteiger partial charge is 0.293 e. The first kappa shape index (κ1) is 22.3. The molecule has 176 valence electrons. The molecule has 5 rings (SSSR count). The molecule has 0 spiro atoms. The largest absolute Gasteiger partial charge is 0.329 e. The minimum absolute atomic E-state index is 0.113. The average Bonchev–Trinajstić information content (AvgIpc) is 3.49. The zero-order valence-corrected chi connectivity index (χ0v) is 19.9. The fraction of sp³-hybridized carbons (Fsp3) is 0.423. The van der Waals surface area contributed by atoms with E-state index < -0.39 is 0 Å². The van der Waals surface area contributed by atoms with Crippen molar-refractivity contribution >= 4 is 0 Å². The second kappa shape index (κ2) is 9.75. The van der Waals surface area contributed by atoms with Crippen molar-refractivity contribution in [3.8, 4) is 22.5 Å². The van der Waals surface area contributed by atoms with Crippen LogP contribution in [0.4, 0.5) is 0 Å². The molecule has 0 atom stereocenters. The quantitative estimate of drug-likeness (QED) is 0.434. The molecule has 0 aliphatic heterocycles. The van der Waals surface area contributed by atoms with E-state index in [1.165, 1.54) is 19.3 Å². The maximum Gasteiger partial charge on any atom is 0.329 e. The zero-order valence-electron chi connectivity index (χ0n) is 19.9. The van der Waals surface area contributed by atoms with Crippen LogP contribution >= 0.6 is 0 Å². The monoisotopic (exact) mass is 457 g/mol. The Morgan fingerprint density at radius 2 is 1.85 bits per heavy atom. The Morgan fingerprint density at radius 3 is 2.53 bits per heavy atom. The molecule has 8 nitrogen and oxygen atoms in total. The minimum atomic E-state index is 0.113. The van der Waals surface area contributed by atoms with Gasteiger partial charge < -0.3 is 0 Å². The van der Waals surface area contributed by atoms with Crippen LogP contribution in [-0.2, 0) is 13.0 Å². The van der Waals surface area contributed by atoms with E-state index in [0.717, 1.165) is 59.5 Å². The lowest BCUT2D eigenvalue weighted by Crippen LogP contribution is -2.30. The molecule has 0 bridgehead atoms. The van der Waals surface area contributed by atoms with Gasteiger partial charge >= 0.3 is 5.69 Å². The zero-order chi connectivity index (χ0) is 23.5. The predicted molar refractivity (Wildman–Crippen MR) is 131 cm³/mol. The number of tetrazole rings is 1. The Hall–Kier alpha value is -3.55. The van der Waals surface area contributed by atoms with Gasteiger partial charge in [-0.25, -0.2) is 9.89 Å². The Balaban J connectivity index is 1.46. The molecule has 8 heteroatoms. The van der Waals surface area contributed by atoms with E-state index in [0.29, 0.717) is 18.4 Å². The summed E-state index contributed by atoms with van der Waals surface area (Å²) in [5, 5.41) is 14.3. The molecule has 1 aromatic carbocycles. The molecule has 1 saturated carbocycles. The average molecular weight is 458 g/mol. The van der Waals surface area contributed by atoms with Crippen LogP contribution in [0.3, 0.4) is 0 Å². The van der Waals surface area contributed by atoms with Crippen LogP contribution in [0.2, 0.25) is 0 Å². The number of H-pyrrole nitrogens is 1. The van der Waals surface area contributed by atoms with E-state index in [-0.39, 0.29) is 5.69 Å². The molecule has 1 N–H and O–H groups in total. The van der Waals surface area contributed by atoms with Crippen LogP contribution in [0.1, 0.15) is 68.6 Å². The van der Waals surface area contributed by atoms with Crippen molar-refractivity contribution in [2.75, 3.05) is 0 Å². The van der Waals surface area contributed by atoms with Gasteiger partial charge in [-0.05, 0) is 48.2 Å². The summed E-state index contributed by atoms with van der Waals surface area (Å²) in [5.41, 5.74) is 6.17. The summed E-state index contributed by atoms with van der Waals surface area (Å²) in [6, 6.07) is 12.4. The van der Waals surface area contributed by atoms with E-state index in [9.17, 15) is 4.79 Å². The van der Waals surface area contributed by atoms with Gasteiger partial charge in [-0.3, -0.25) is 14.1 Å². The number of imidazole rings is 1. The SMILES string of the molecule is CCCc1c(C)n(C2CCCCC2)c(=O)n1Cc1ccc(-c2ccccc2-c2nnn[nH]2)cn1. The number of hydrogen-bond acceptors (Lipinski definition) is 5. The van der Waals surface area contributed by atoms with Crippen molar-refractivity contribution < 1.29 is 0 Å². The summed E-state index contributed by atoms with van der Waals surface area (Å²) in [7, 11) is 0. The topological polar surface area (TPSA) is 94.3 Å². The number of benzene rings is 1. The third kappa shape index (κ3) is 4.20. The number of rotatable bonds is 7. The first-order chi connectivity index (χ1) is 16.7. The van der Waals surface area contributed by atoms with Crippen molar-refractivity contribution in [1.82, 2.24) is 34.7 Å². The van der Waals surface area contributed by atoms with Crippen molar-refractivity contribution in [3.63, 3.8) is 0 Å². The standard InChI is InChI=1S/C26H31N7O/c1-3-9-24-18(2)33(21-10-5-4-6-11-21)26(34)32(24)17-20-15-14-19(16-27-20)22-12-7-8-13-23(22)25-28-30-31-29-25/h7-8,12-16,21H,3-6,9-11,17H2,1-2H3,(H,28,29,30,31). The lowest BCUT2D eigenvalue weighted by molar-refractivity contribution is 0.340. The van der Waals surface area contributed by atoms with Crippen LogP contribution in [0.25, 0.3) is 22.5 Å². The summed E-state index contributed by atoms with van der Waals surface area (Å²) in [4.78, 5) is 18.3. The number of hydrogen-bond donors (Lipinski definition) is 1. The van der Waals surface area contributed by atoms with Gasteiger partial charge in [0.2, 0.25) is 0 Å². The van der Waals surface area contributed by atoms with Crippen molar-refractivity contribution in [1.29, 1.82) is 0 Å². The van der Waals surface area contributed by atoms with Gasteiger partial charge in [0.25, 0.3) is 0 Å². The minimum Gasteiger partial charge on any atom is -0.293 e. The fourth-order valence-corrected chi connectivity index (χ4v) is 5.26. The highest BCUT2D eigenvalue weighted by molar-refractivity contribution is 5.79. The highest BCUT2D eigenvalue weighted by atomic mass is 16.1. The number of nitrogens with zero attached hydrogens (tertiary/aromatic N) is 6. The maximum absolute atomic E-state index is 13.5. The lowest BCUT2D eigenvalue weighted by atomic mass is 9.95. The molecule has 0 radical (unpaired) electrons. The summed E-state index contributed by atoms with van der Waals surface area (Å²) in [6.07, 6.45) is 9.67. The highest BCUT2D eigenvalue weighted by Gasteiger charge is 2.24. The highest BCUT2D eigenvalue weighted by Crippen LogP contribution is 2.30. The van der Waals surface area contributed by atoms with Crippen LogP contribution in [0.15, 0.2) is 47.4 Å². The summed E-state index contributed by atoms with van der Waals surface area (Å²) in [6.45, 7) is 4.77. The first-order valence-electron chi connectivity index (χ1n) is 12.3. The summed E-state index contributed by atoms with van der Waals surface area (Å²) >= 11 is 0. The molecular weight excluding hydrogens is 426 g/mol. The molecule has 34 heavy (non-hydrogen) atoms. The Labute approximate surface area is 199 Å². The maximum atomic E-state index is 13.5. The number of aromatic amines is 1. The van der Waals surface area contributed by atoms with E-state index in [2.05, 4.69) is 45.1 Å². The molecule has 4 aromatic rings. The third-order valence-electron chi connectivity index (χ3n) is 6.95. The predicted octanol–water partition coefficient (Wildman–Crippen LogP) is 4.71. The van der Waals surface area contributed by atoms with E-state index in [4.69, 9.17) is 4.98 Å². The van der Waals surface area contributed by atoms with Gasteiger partial charge in [0.15, 0.2) is 5.82 Å². The third-order valence-corrected chi connectivity index (χ3v) is 6.95.